The second-order valence-electron chi connectivity index (χ2n) is 10.0. The van der Waals surface area contributed by atoms with Crippen LogP contribution >= 0.6 is 15.9 Å². The number of nitrogens with zero attached hydrogens (tertiary/aromatic N) is 4. The molecule has 1 N–H and O–H groups in total. The number of amides is 1. The van der Waals surface area contributed by atoms with Gasteiger partial charge in [0.1, 0.15) is 28.3 Å². The van der Waals surface area contributed by atoms with E-state index < -0.39 is 0 Å². The highest BCUT2D eigenvalue weighted by Gasteiger charge is 2.35. The fourth-order valence-electron chi connectivity index (χ4n) is 5.24. The summed E-state index contributed by atoms with van der Waals surface area (Å²) in [5.74, 6) is 2.43. The SMILES string of the molecule is COC[C@@H]1CC[C@H](c2nc(Br)c3c(NCc4ccc(C)cc4OC)nccn23)CN1C(=O)OCc1ccccc1. The van der Waals surface area contributed by atoms with Gasteiger partial charge in [0.2, 0.25) is 0 Å². The molecule has 5 rings (SSSR count). The summed E-state index contributed by atoms with van der Waals surface area (Å²) in [5.41, 5.74) is 3.98. The molecule has 0 saturated carbocycles. The molecule has 2 aromatic carbocycles. The number of piperidine rings is 1. The lowest BCUT2D eigenvalue weighted by Crippen LogP contribution is -2.48. The Hall–Kier alpha value is -3.63. The van der Waals surface area contributed by atoms with Crippen LogP contribution in [0.4, 0.5) is 10.6 Å². The maximum Gasteiger partial charge on any atom is 0.410 e. The van der Waals surface area contributed by atoms with Crippen LogP contribution in [0.5, 0.6) is 5.75 Å². The monoisotopic (exact) mass is 607 g/mol. The van der Waals surface area contributed by atoms with Gasteiger partial charge in [-0.05, 0) is 52.9 Å². The molecule has 10 heteroatoms. The van der Waals surface area contributed by atoms with Crippen molar-refractivity contribution < 1.29 is 19.0 Å². The maximum atomic E-state index is 13.2. The number of aryl methyl sites for hydroxylation is 1. The van der Waals surface area contributed by atoms with Crippen LogP contribution in [0.2, 0.25) is 0 Å². The Labute approximate surface area is 242 Å². The highest BCUT2D eigenvalue weighted by molar-refractivity contribution is 9.10. The van der Waals surface area contributed by atoms with Gasteiger partial charge in [-0.15, -0.1) is 0 Å². The number of anilines is 1. The molecule has 0 radical (unpaired) electrons. The Kier molecular flexibility index (Phi) is 8.86. The Morgan fingerprint density at radius 2 is 1.98 bits per heavy atom. The number of imidazole rings is 1. The average Bonchev–Trinajstić information content (AvgIpc) is 3.33. The molecule has 1 fully saturated rings. The van der Waals surface area contributed by atoms with E-state index in [9.17, 15) is 4.79 Å². The van der Waals surface area contributed by atoms with Crippen molar-refractivity contribution in [1.29, 1.82) is 0 Å². The van der Waals surface area contributed by atoms with Crippen LogP contribution in [0.15, 0.2) is 65.5 Å². The van der Waals surface area contributed by atoms with Crippen LogP contribution in [-0.4, -0.2) is 58.8 Å². The number of aromatic nitrogens is 3. The third-order valence-corrected chi connectivity index (χ3v) is 7.85. The summed E-state index contributed by atoms with van der Waals surface area (Å²) in [4.78, 5) is 24.5. The standard InChI is InChI=1S/C30H34BrN5O4/c1-20-9-10-22(25(15-20)39-3)16-33-28-26-27(31)34-29(35(26)14-13-32-28)23-11-12-24(19-38-2)36(17-23)30(37)40-18-21-7-5-4-6-8-21/h4-10,13-15,23-24H,11-12,16-19H2,1-3H3,(H,32,33)/t23-,24-/m0/s1. The highest BCUT2D eigenvalue weighted by Crippen LogP contribution is 2.34. The Bertz CT molecular complexity index is 1460. The van der Waals surface area contributed by atoms with Gasteiger partial charge in [-0.1, -0.05) is 42.5 Å². The van der Waals surface area contributed by atoms with Gasteiger partial charge >= 0.3 is 6.09 Å². The molecule has 2 atom stereocenters. The van der Waals surface area contributed by atoms with E-state index in [1.54, 1.807) is 25.3 Å². The number of ether oxygens (including phenoxy) is 3. The predicted molar refractivity (Wildman–Crippen MR) is 157 cm³/mol. The fraction of sp³-hybridized carbons (Fsp3) is 0.367. The van der Waals surface area contributed by atoms with Gasteiger partial charge in [0, 0.05) is 44.1 Å². The van der Waals surface area contributed by atoms with Crippen molar-refractivity contribution in [1.82, 2.24) is 19.3 Å². The third-order valence-electron chi connectivity index (χ3n) is 7.30. The number of nitrogens with one attached hydrogen (secondary N) is 1. The van der Waals surface area contributed by atoms with Crippen LogP contribution in [-0.2, 0) is 22.6 Å². The topological polar surface area (TPSA) is 90.2 Å². The van der Waals surface area contributed by atoms with Gasteiger partial charge in [0.25, 0.3) is 0 Å². The predicted octanol–water partition coefficient (Wildman–Crippen LogP) is 5.95. The summed E-state index contributed by atoms with van der Waals surface area (Å²) < 4.78 is 19.5. The summed E-state index contributed by atoms with van der Waals surface area (Å²) >= 11 is 3.67. The normalized spacial score (nSPS) is 17.1. The number of benzene rings is 2. The Morgan fingerprint density at radius 3 is 2.75 bits per heavy atom. The summed E-state index contributed by atoms with van der Waals surface area (Å²) in [6.45, 7) is 3.76. The van der Waals surface area contributed by atoms with Crippen LogP contribution in [0.25, 0.3) is 5.52 Å². The molecular weight excluding hydrogens is 574 g/mol. The van der Waals surface area contributed by atoms with Crippen molar-refractivity contribution in [2.75, 3.05) is 32.7 Å². The van der Waals surface area contributed by atoms with E-state index >= 15 is 0 Å². The minimum atomic E-state index is -0.341. The lowest BCUT2D eigenvalue weighted by Gasteiger charge is -2.38. The van der Waals surface area contributed by atoms with Crippen molar-refractivity contribution in [2.24, 2.45) is 0 Å². The molecule has 1 amide bonds. The number of hydrogen-bond donors (Lipinski definition) is 1. The molecule has 4 aromatic rings. The van der Waals surface area contributed by atoms with E-state index in [0.717, 1.165) is 46.6 Å². The van der Waals surface area contributed by atoms with Gasteiger partial charge < -0.3 is 24.4 Å². The number of carbonyl (C=O) groups excluding carboxylic acids is 1. The molecule has 1 aliphatic heterocycles. The van der Waals surface area contributed by atoms with Gasteiger partial charge in [-0.3, -0.25) is 4.40 Å². The average molecular weight is 609 g/mol. The number of methoxy groups -OCH3 is 2. The summed E-state index contributed by atoms with van der Waals surface area (Å²) in [5, 5.41) is 3.46. The van der Waals surface area contributed by atoms with Crippen molar-refractivity contribution >= 4 is 33.4 Å². The van der Waals surface area contributed by atoms with Gasteiger partial charge in [0.15, 0.2) is 5.82 Å². The van der Waals surface area contributed by atoms with Crippen molar-refractivity contribution in [3.63, 3.8) is 0 Å². The third kappa shape index (κ3) is 6.08. The number of fused-ring (bicyclic) bond motifs is 1. The first-order valence-electron chi connectivity index (χ1n) is 13.3. The smallest absolute Gasteiger partial charge is 0.410 e. The van der Waals surface area contributed by atoms with Crippen LogP contribution in [0.1, 0.15) is 41.3 Å². The molecular formula is C30H34BrN5O4. The highest BCUT2D eigenvalue weighted by atomic mass is 79.9. The molecule has 210 valence electrons. The second kappa shape index (κ2) is 12.7. The van der Waals surface area contributed by atoms with E-state index in [1.165, 1.54) is 0 Å². The zero-order valence-electron chi connectivity index (χ0n) is 23.0. The second-order valence-corrected chi connectivity index (χ2v) is 10.8. The van der Waals surface area contributed by atoms with Gasteiger partial charge in [-0.25, -0.2) is 14.8 Å². The molecule has 40 heavy (non-hydrogen) atoms. The number of rotatable bonds is 9. The first kappa shape index (κ1) is 27.9. The van der Waals surface area contributed by atoms with Crippen LogP contribution < -0.4 is 10.1 Å². The molecule has 0 spiro atoms. The van der Waals surface area contributed by atoms with Crippen molar-refractivity contribution in [3.8, 4) is 5.75 Å². The summed E-state index contributed by atoms with van der Waals surface area (Å²) in [7, 11) is 3.34. The molecule has 0 bridgehead atoms. The maximum absolute atomic E-state index is 13.2. The minimum absolute atomic E-state index is 0.0172. The van der Waals surface area contributed by atoms with E-state index in [-0.39, 0.29) is 24.7 Å². The molecule has 1 saturated heterocycles. The van der Waals surface area contributed by atoms with Gasteiger partial charge in [-0.2, -0.15) is 0 Å². The van der Waals surface area contributed by atoms with E-state index in [1.807, 2.05) is 49.5 Å². The van der Waals surface area contributed by atoms with Gasteiger partial charge in [0.05, 0.1) is 19.8 Å². The molecule has 0 unspecified atom stereocenters. The molecule has 2 aromatic heterocycles. The summed E-state index contributed by atoms with van der Waals surface area (Å²) in [6.07, 6.45) is 5.00. The molecule has 1 aliphatic rings. The van der Waals surface area contributed by atoms with E-state index in [4.69, 9.17) is 19.2 Å². The Balaban J connectivity index is 1.36. The number of likely N-dealkylation sites (tertiary alicyclic amines) is 1. The van der Waals surface area contributed by atoms with E-state index in [0.29, 0.717) is 30.1 Å². The Morgan fingerprint density at radius 1 is 1.15 bits per heavy atom. The van der Waals surface area contributed by atoms with Crippen molar-refractivity contribution in [3.05, 3.63) is 88.0 Å². The fourth-order valence-corrected chi connectivity index (χ4v) is 5.80. The van der Waals surface area contributed by atoms with Crippen LogP contribution in [0, 0.1) is 6.92 Å². The molecule has 0 aliphatic carbocycles. The van der Waals surface area contributed by atoms with Crippen LogP contribution in [0.3, 0.4) is 0 Å². The zero-order chi connectivity index (χ0) is 28.1. The summed E-state index contributed by atoms with van der Waals surface area (Å²) in [6, 6.07) is 15.8. The zero-order valence-corrected chi connectivity index (χ0v) is 24.6. The van der Waals surface area contributed by atoms with E-state index in [2.05, 4.69) is 42.8 Å². The quantitative estimate of drug-likeness (QED) is 0.251. The number of halogens is 1. The lowest BCUT2D eigenvalue weighted by atomic mass is 9.92. The first-order chi connectivity index (χ1) is 19.5. The first-order valence-corrected chi connectivity index (χ1v) is 14.1. The molecule has 3 heterocycles. The minimum Gasteiger partial charge on any atom is -0.496 e. The number of hydrogen-bond acceptors (Lipinski definition) is 7. The molecule has 9 nitrogen and oxygen atoms in total. The van der Waals surface area contributed by atoms with Crippen molar-refractivity contribution in [2.45, 2.75) is 44.9 Å². The lowest BCUT2D eigenvalue weighted by molar-refractivity contribution is 0.0338. The number of carbonyl (C=O) groups is 1. The largest absolute Gasteiger partial charge is 0.496 e.